The van der Waals surface area contributed by atoms with Crippen LogP contribution in [0.2, 0.25) is 0 Å². The van der Waals surface area contributed by atoms with Crippen LogP contribution in [0.3, 0.4) is 0 Å². The zero-order valence-corrected chi connectivity index (χ0v) is 18.5. The van der Waals surface area contributed by atoms with Gasteiger partial charge in [0.2, 0.25) is 0 Å². The van der Waals surface area contributed by atoms with Gasteiger partial charge in [0.05, 0.1) is 24.7 Å². The smallest absolute Gasteiger partial charge is 0.348 e. The Morgan fingerprint density at radius 1 is 1.31 bits per heavy atom. The summed E-state index contributed by atoms with van der Waals surface area (Å²) in [4.78, 5) is 44.5. The molecule has 1 fully saturated rings. The molecule has 0 amide bonds. The molecule has 0 radical (unpaired) electrons. The molecule has 3 heterocycles. The molecule has 9 heteroatoms. The van der Waals surface area contributed by atoms with Crippen LogP contribution in [-0.2, 0) is 19.1 Å². The summed E-state index contributed by atoms with van der Waals surface area (Å²) >= 11 is 0. The number of hydrogen-bond acceptors (Lipinski definition) is 8. The van der Waals surface area contributed by atoms with Gasteiger partial charge in [-0.05, 0) is 51.3 Å². The predicted octanol–water partition coefficient (Wildman–Crippen LogP) is 2.25. The number of aryl methyl sites for hydroxylation is 1. The van der Waals surface area contributed by atoms with E-state index < -0.39 is 11.5 Å². The van der Waals surface area contributed by atoms with Gasteiger partial charge in [-0.25, -0.2) is 9.78 Å². The zero-order valence-electron chi connectivity index (χ0n) is 18.5. The maximum Gasteiger partial charge on any atom is 0.348 e. The van der Waals surface area contributed by atoms with E-state index in [1.54, 1.807) is 26.1 Å². The molecule has 0 aliphatic carbocycles. The highest BCUT2D eigenvalue weighted by Crippen LogP contribution is 2.26. The summed E-state index contributed by atoms with van der Waals surface area (Å²) in [6.07, 6.45) is 4.21. The summed E-state index contributed by atoms with van der Waals surface area (Å²) in [6, 6.07) is 5.39. The van der Waals surface area contributed by atoms with Crippen molar-refractivity contribution in [1.29, 1.82) is 5.26 Å². The van der Waals surface area contributed by atoms with E-state index in [0.29, 0.717) is 44.0 Å². The van der Waals surface area contributed by atoms with Crippen molar-refractivity contribution in [2.45, 2.75) is 33.6 Å². The Bertz CT molecular complexity index is 1160. The molecule has 1 atom stereocenters. The quantitative estimate of drug-likeness (QED) is 0.383. The molecule has 0 saturated carbocycles. The van der Waals surface area contributed by atoms with Gasteiger partial charge in [0.1, 0.15) is 23.1 Å². The molecule has 0 bridgehead atoms. The lowest BCUT2D eigenvalue weighted by molar-refractivity contribution is -0.148. The fraction of sp³-hybridized carbons (Fsp3) is 0.435. The summed E-state index contributed by atoms with van der Waals surface area (Å²) in [6.45, 7) is 6.54. The minimum atomic E-state index is -0.808. The molecule has 1 saturated heterocycles. The van der Waals surface area contributed by atoms with Gasteiger partial charge in [-0.15, -0.1) is 0 Å². The lowest BCUT2D eigenvalue weighted by atomic mass is 9.97. The number of carbonyl (C=O) groups is 2. The van der Waals surface area contributed by atoms with Crippen molar-refractivity contribution in [2.24, 2.45) is 5.92 Å². The number of piperidine rings is 1. The third kappa shape index (κ3) is 4.64. The van der Waals surface area contributed by atoms with E-state index in [-0.39, 0.29) is 29.6 Å². The Hall–Kier alpha value is -3.67. The van der Waals surface area contributed by atoms with Gasteiger partial charge in [-0.1, -0.05) is 6.07 Å². The first-order valence-corrected chi connectivity index (χ1v) is 10.6. The highest BCUT2D eigenvalue weighted by Gasteiger charge is 2.30. The highest BCUT2D eigenvalue weighted by molar-refractivity contribution is 5.98. The first-order valence-electron chi connectivity index (χ1n) is 10.6. The number of nitriles is 1. The maximum absolute atomic E-state index is 13.4. The average molecular weight is 438 g/mol. The molecule has 168 valence electrons. The molecule has 1 aliphatic rings. The van der Waals surface area contributed by atoms with E-state index in [4.69, 9.17) is 14.5 Å². The van der Waals surface area contributed by atoms with Crippen LogP contribution < -0.4 is 10.5 Å². The lowest BCUT2D eigenvalue weighted by Crippen LogP contribution is -2.41. The van der Waals surface area contributed by atoms with Crippen LogP contribution in [0.1, 0.15) is 37.8 Å². The molecule has 2 aromatic heterocycles. The SMILES string of the molecule is CCOC(=O)/C(C#N)=C/c1c(N2CCC[C@@H](C(=O)OCC)C2)nc2c(C)cccn2c1=O. The third-order valence-electron chi connectivity index (χ3n) is 5.31. The fourth-order valence-corrected chi connectivity index (χ4v) is 3.78. The van der Waals surface area contributed by atoms with Crippen LogP contribution in [-0.4, -0.2) is 47.6 Å². The number of nitrogens with zero attached hydrogens (tertiary/aromatic N) is 4. The van der Waals surface area contributed by atoms with Crippen LogP contribution in [0.15, 0.2) is 28.7 Å². The molecular formula is C23H26N4O5. The Balaban J connectivity index is 2.18. The van der Waals surface area contributed by atoms with Crippen molar-refractivity contribution in [3.05, 3.63) is 45.4 Å². The molecule has 9 nitrogen and oxygen atoms in total. The molecule has 0 N–H and O–H groups in total. The first-order chi connectivity index (χ1) is 15.4. The summed E-state index contributed by atoms with van der Waals surface area (Å²) < 4.78 is 11.5. The third-order valence-corrected chi connectivity index (χ3v) is 5.31. The number of ether oxygens (including phenoxy) is 2. The summed E-state index contributed by atoms with van der Waals surface area (Å²) in [5.74, 6) is -1.11. The minimum Gasteiger partial charge on any atom is -0.466 e. The van der Waals surface area contributed by atoms with E-state index in [2.05, 4.69) is 0 Å². The van der Waals surface area contributed by atoms with Crippen LogP contribution in [0, 0.1) is 24.2 Å². The van der Waals surface area contributed by atoms with Gasteiger partial charge >= 0.3 is 11.9 Å². The highest BCUT2D eigenvalue weighted by atomic mass is 16.5. The normalized spacial score (nSPS) is 16.5. The van der Waals surface area contributed by atoms with Gasteiger partial charge in [0, 0.05) is 19.3 Å². The Kier molecular flexibility index (Phi) is 7.25. The molecule has 32 heavy (non-hydrogen) atoms. The van der Waals surface area contributed by atoms with Gasteiger partial charge < -0.3 is 14.4 Å². The van der Waals surface area contributed by atoms with Crippen LogP contribution >= 0.6 is 0 Å². The topological polar surface area (TPSA) is 114 Å². The molecule has 2 aromatic rings. The van der Waals surface area contributed by atoms with E-state index in [1.807, 2.05) is 24.0 Å². The Morgan fingerprint density at radius 3 is 2.75 bits per heavy atom. The predicted molar refractivity (Wildman–Crippen MR) is 118 cm³/mol. The van der Waals surface area contributed by atoms with Crippen molar-refractivity contribution >= 4 is 29.5 Å². The number of esters is 2. The number of fused-ring (bicyclic) bond motifs is 1. The van der Waals surface area contributed by atoms with E-state index in [0.717, 1.165) is 5.56 Å². The van der Waals surface area contributed by atoms with Crippen molar-refractivity contribution in [1.82, 2.24) is 9.38 Å². The van der Waals surface area contributed by atoms with E-state index >= 15 is 0 Å². The Morgan fingerprint density at radius 2 is 2.06 bits per heavy atom. The number of pyridine rings is 1. The zero-order chi connectivity index (χ0) is 23.3. The molecule has 0 aromatic carbocycles. The van der Waals surface area contributed by atoms with Crippen LogP contribution in [0.5, 0.6) is 0 Å². The largest absolute Gasteiger partial charge is 0.466 e. The number of rotatable bonds is 6. The number of aromatic nitrogens is 2. The van der Waals surface area contributed by atoms with Crippen molar-refractivity contribution in [3.8, 4) is 6.07 Å². The van der Waals surface area contributed by atoms with Gasteiger partial charge in [-0.3, -0.25) is 14.0 Å². The van der Waals surface area contributed by atoms with Crippen molar-refractivity contribution in [2.75, 3.05) is 31.2 Å². The van der Waals surface area contributed by atoms with Gasteiger partial charge in [-0.2, -0.15) is 5.26 Å². The second-order valence-electron chi connectivity index (χ2n) is 7.47. The number of hydrogen-bond donors (Lipinski definition) is 0. The van der Waals surface area contributed by atoms with Gasteiger partial charge in [0.15, 0.2) is 0 Å². The van der Waals surface area contributed by atoms with Crippen LogP contribution in [0.4, 0.5) is 5.82 Å². The molecule has 0 spiro atoms. The second-order valence-corrected chi connectivity index (χ2v) is 7.47. The van der Waals surface area contributed by atoms with E-state index in [9.17, 15) is 19.6 Å². The molecule has 1 aliphatic heterocycles. The first kappa shape index (κ1) is 23.0. The summed E-state index contributed by atoms with van der Waals surface area (Å²) in [5.41, 5.74) is 0.661. The van der Waals surface area contributed by atoms with Crippen molar-refractivity contribution < 1.29 is 19.1 Å². The van der Waals surface area contributed by atoms with Gasteiger partial charge in [0.25, 0.3) is 5.56 Å². The fourth-order valence-electron chi connectivity index (χ4n) is 3.78. The summed E-state index contributed by atoms with van der Waals surface area (Å²) in [5, 5.41) is 9.48. The summed E-state index contributed by atoms with van der Waals surface area (Å²) in [7, 11) is 0. The molecular weight excluding hydrogens is 412 g/mol. The lowest BCUT2D eigenvalue weighted by Gasteiger charge is -2.33. The number of anilines is 1. The number of carbonyl (C=O) groups excluding carboxylic acids is 2. The van der Waals surface area contributed by atoms with Crippen molar-refractivity contribution in [3.63, 3.8) is 0 Å². The average Bonchev–Trinajstić information content (AvgIpc) is 2.79. The Labute approximate surface area is 185 Å². The molecule has 0 unspecified atom stereocenters. The minimum absolute atomic E-state index is 0.0993. The van der Waals surface area contributed by atoms with E-state index in [1.165, 1.54) is 10.5 Å². The standard InChI is InChI=1S/C23H26N4O5/c1-4-31-22(29)16-9-7-10-26(14-16)20-18(12-17(13-24)23(30)32-5-2)21(28)27-11-6-8-15(3)19(27)25-20/h6,8,11-12,16H,4-5,7,9-10,14H2,1-3H3/b17-12+/t16-/m1/s1. The molecule has 3 rings (SSSR count). The second kappa shape index (κ2) is 10.1. The maximum atomic E-state index is 13.4. The monoisotopic (exact) mass is 438 g/mol. The van der Waals surface area contributed by atoms with Crippen LogP contribution in [0.25, 0.3) is 11.7 Å².